The Balaban J connectivity index is 2.20. The zero-order valence-electron chi connectivity index (χ0n) is 10.2. The fourth-order valence-electron chi connectivity index (χ4n) is 1.89. The van der Waals surface area contributed by atoms with Gasteiger partial charge in [-0.15, -0.1) is 0 Å². The van der Waals surface area contributed by atoms with Crippen LogP contribution in [0.15, 0.2) is 36.8 Å². The van der Waals surface area contributed by atoms with Crippen LogP contribution in [0.3, 0.4) is 0 Å². The Morgan fingerprint density at radius 1 is 1.72 bits per heavy atom. The minimum absolute atomic E-state index is 0.144. The van der Waals surface area contributed by atoms with Gasteiger partial charge in [0.1, 0.15) is 18.1 Å². The van der Waals surface area contributed by atoms with Crippen LogP contribution in [0.2, 0.25) is 0 Å². The summed E-state index contributed by atoms with van der Waals surface area (Å²) in [5.74, 6) is 0.161. The molecule has 0 bridgehead atoms. The van der Waals surface area contributed by atoms with Crippen LogP contribution in [0.4, 0.5) is 0 Å². The van der Waals surface area contributed by atoms with Gasteiger partial charge in [0.25, 0.3) is 0 Å². The predicted molar refractivity (Wildman–Crippen MR) is 69.1 cm³/mol. The van der Waals surface area contributed by atoms with Crippen LogP contribution in [0.5, 0.6) is 0 Å². The number of esters is 1. The molecule has 1 aromatic heterocycles. The van der Waals surface area contributed by atoms with E-state index in [1.54, 1.807) is 29.4 Å². The smallest absolute Gasteiger partial charge is 0.315 e. The lowest BCUT2D eigenvalue weighted by Gasteiger charge is -2.06. The van der Waals surface area contributed by atoms with Gasteiger partial charge >= 0.3 is 5.97 Å². The number of aliphatic imine (C=N–C) groups is 1. The lowest BCUT2D eigenvalue weighted by molar-refractivity contribution is -0.139. The summed E-state index contributed by atoms with van der Waals surface area (Å²) >= 11 is 0. The zero-order chi connectivity index (χ0) is 13.1. The minimum Gasteiger partial charge on any atom is -0.465 e. The van der Waals surface area contributed by atoms with Crippen molar-refractivity contribution in [3.05, 3.63) is 37.5 Å². The van der Waals surface area contributed by atoms with E-state index in [0.717, 1.165) is 0 Å². The van der Waals surface area contributed by atoms with Gasteiger partial charge in [0.15, 0.2) is 0 Å². The third-order valence-corrected chi connectivity index (χ3v) is 2.86. The number of allylic oxidation sites excluding steroid dienone is 1. The Kier molecular flexibility index (Phi) is 3.41. The molecule has 94 valence electrons. The number of imidazole rings is 1. The van der Waals surface area contributed by atoms with Crippen LogP contribution in [0, 0.1) is 5.92 Å². The van der Waals surface area contributed by atoms with E-state index >= 15 is 0 Å². The van der Waals surface area contributed by atoms with Crippen molar-refractivity contribution in [2.24, 2.45) is 10.9 Å². The predicted octanol–water partition coefficient (Wildman–Crippen LogP) is 1.84. The monoisotopic (exact) mass is 245 g/mol. The van der Waals surface area contributed by atoms with E-state index < -0.39 is 0 Å². The first-order valence-corrected chi connectivity index (χ1v) is 5.68. The standard InChI is InChI=1S/C13H15N3O2/c1-4-5-14-10(3)16-6-11(15-8-16)12-9(2)7-18-13(12)17/h4-6,8-9,12H,1,3,7H2,2H3/b14-5-/t9-,12?/m1/s1. The first-order chi connectivity index (χ1) is 8.63. The molecule has 0 N–H and O–H groups in total. The number of hydrogen-bond acceptors (Lipinski definition) is 4. The molecule has 2 rings (SSSR count). The Labute approximate surface area is 106 Å². The van der Waals surface area contributed by atoms with Crippen molar-refractivity contribution in [1.82, 2.24) is 9.55 Å². The molecule has 0 amide bonds. The average Bonchev–Trinajstić information content (AvgIpc) is 2.93. The molecule has 5 nitrogen and oxygen atoms in total. The maximum Gasteiger partial charge on any atom is 0.315 e. The Morgan fingerprint density at radius 2 is 2.50 bits per heavy atom. The molecule has 5 heteroatoms. The number of aromatic nitrogens is 2. The van der Waals surface area contributed by atoms with Crippen LogP contribution in [-0.4, -0.2) is 28.3 Å². The van der Waals surface area contributed by atoms with Crippen LogP contribution in [0.1, 0.15) is 18.5 Å². The third kappa shape index (κ3) is 2.25. The van der Waals surface area contributed by atoms with Gasteiger partial charge < -0.3 is 4.74 Å². The molecule has 2 heterocycles. The zero-order valence-corrected chi connectivity index (χ0v) is 10.2. The fourth-order valence-corrected chi connectivity index (χ4v) is 1.89. The SMILES string of the molecule is C=C/C=N\C(=C)n1cnc(C2C(=O)OC[C@H]2C)c1. The van der Waals surface area contributed by atoms with E-state index in [2.05, 4.69) is 23.1 Å². The van der Waals surface area contributed by atoms with Crippen molar-refractivity contribution in [3.63, 3.8) is 0 Å². The Morgan fingerprint density at radius 3 is 3.11 bits per heavy atom. The number of cyclic esters (lactones) is 1. The second-order valence-corrected chi connectivity index (χ2v) is 4.22. The molecule has 0 aliphatic carbocycles. The van der Waals surface area contributed by atoms with Crippen LogP contribution in [-0.2, 0) is 9.53 Å². The Bertz CT molecular complexity index is 516. The highest BCUT2D eigenvalue weighted by Crippen LogP contribution is 2.30. The normalized spacial score (nSPS) is 23.3. The number of hydrogen-bond donors (Lipinski definition) is 0. The van der Waals surface area contributed by atoms with Crippen molar-refractivity contribution < 1.29 is 9.53 Å². The molecular formula is C13H15N3O2. The van der Waals surface area contributed by atoms with Gasteiger partial charge in [-0.3, -0.25) is 9.36 Å². The maximum absolute atomic E-state index is 11.6. The first-order valence-electron chi connectivity index (χ1n) is 5.68. The van der Waals surface area contributed by atoms with Crippen molar-refractivity contribution in [3.8, 4) is 0 Å². The van der Waals surface area contributed by atoms with Crippen molar-refractivity contribution in [2.45, 2.75) is 12.8 Å². The van der Waals surface area contributed by atoms with Gasteiger partial charge in [0.2, 0.25) is 0 Å². The summed E-state index contributed by atoms with van der Waals surface area (Å²) in [6, 6.07) is 0. The van der Waals surface area contributed by atoms with Gasteiger partial charge in [-0.1, -0.05) is 26.2 Å². The van der Waals surface area contributed by atoms with Crippen LogP contribution in [0.25, 0.3) is 5.82 Å². The van der Waals surface area contributed by atoms with E-state index in [0.29, 0.717) is 18.1 Å². The molecule has 1 aromatic rings. The highest BCUT2D eigenvalue weighted by Gasteiger charge is 2.36. The van der Waals surface area contributed by atoms with E-state index in [-0.39, 0.29) is 17.8 Å². The summed E-state index contributed by atoms with van der Waals surface area (Å²) in [5.41, 5.74) is 0.694. The Hall–Kier alpha value is -2.17. The van der Waals surface area contributed by atoms with E-state index in [1.165, 1.54) is 0 Å². The lowest BCUT2D eigenvalue weighted by Crippen LogP contribution is -2.11. The first kappa shape index (κ1) is 12.3. The third-order valence-electron chi connectivity index (χ3n) is 2.86. The average molecular weight is 245 g/mol. The molecule has 1 fully saturated rings. The fraction of sp³-hybridized carbons (Fsp3) is 0.308. The minimum atomic E-state index is -0.289. The molecule has 1 aliphatic rings. The maximum atomic E-state index is 11.6. The van der Waals surface area contributed by atoms with Crippen LogP contribution < -0.4 is 0 Å². The highest BCUT2D eigenvalue weighted by molar-refractivity contribution is 5.80. The molecule has 1 aliphatic heterocycles. The van der Waals surface area contributed by atoms with E-state index in [9.17, 15) is 4.79 Å². The number of rotatable bonds is 4. The summed E-state index contributed by atoms with van der Waals surface area (Å²) < 4.78 is 6.69. The van der Waals surface area contributed by atoms with Crippen LogP contribution >= 0.6 is 0 Å². The second kappa shape index (κ2) is 5.00. The number of ether oxygens (including phenoxy) is 1. The molecule has 0 radical (unpaired) electrons. The van der Waals surface area contributed by atoms with Gasteiger partial charge in [-0.25, -0.2) is 9.98 Å². The highest BCUT2D eigenvalue weighted by atomic mass is 16.5. The summed E-state index contributed by atoms with van der Waals surface area (Å²) in [6.45, 7) is 9.76. The summed E-state index contributed by atoms with van der Waals surface area (Å²) in [4.78, 5) is 19.9. The van der Waals surface area contributed by atoms with Crippen molar-refractivity contribution >= 4 is 18.0 Å². The molecule has 0 saturated carbocycles. The summed E-state index contributed by atoms with van der Waals surface area (Å²) in [7, 11) is 0. The topological polar surface area (TPSA) is 56.5 Å². The van der Waals surface area contributed by atoms with Crippen molar-refractivity contribution in [1.29, 1.82) is 0 Å². The van der Waals surface area contributed by atoms with Gasteiger partial charge in [-0.05, 0) is 0 Å². The number of nitrogens with zero attached hydrogens (tertiary/aromatic N) is 3. The van der Waals surface area contributed by atoms with Gasteiger partial charge in [-0.2, -0.15) is 0 Å². The quantitative estimate of drug-likeness (QED) is 0.600. The molecular weight excluding hydrogens is 230 g/mol. The van der Waals surface area contributed by atoms with Gasteiger partial charge in [0, 0.05) is 18.3 Å². The molecule has 18 heavy (non-hydrogen) atoms. The largest absolute Gasteiger partial charge is 0.465 e. The molecule has 1 saturated heterocycles. The van der Waals surface area contributed by atoms with E-state index in [4.69, 9.17) is 4.74 Å². The number of carbonyl (C=O) groups is 1. The molecule has 0 aromatic carbocycles. The van der Waals surface area contributed by atoms with E-state index in [1.807, 2.05) is 6.92 Å². The summed E-state index contributed by atoms with van der Waals surface area (Å²) in [6.07, 6.45) is 6.47. The molecule has 0 spiro atoms. The van der Waals surface area contributed by atoms with Crippen molar-refractivity contribution in [2.75, 3.05) is 6.61 Å². The summed E-state index contributed by atoms with van der Waals surface area (Å²) in [5, 5.41) is 0. The molecule has 1 unspecified atom stereocenters. The number of carbonyl (C=O) groups excluding carboxylic acids is 1. The van der Waals surface area contributed by atoms with Gasteiger partial charge in [0.05, 0.1) is 12.3 Å². The second-order valence-electron chi connectivity index (χ2n) is 4.22. The lowest BCUT2D eigenvalue weighted by atomic mass is 9.95. The molecule has 2 atom stereocenters.